The Hall–Kier alpha value is -0.800. The average molecular weight is 303 g/mol. The molecule has 0 bridgehead atoms. The Morgan fingerprint density at radius 3 is 2.50 bits per heavy atom. The molecule has 1 atom stereocenters. The molecule has 0 aliphatic carbocycles. The third kappa shape index (κ3) is 3.36. The van der Waals surface area contributed by atoms with Gasteiger partial charge in [-0.25, -0.2) is 4.98 Å². The van der Waals surface area contributed by atoms with Gasteiger partial charge in [-0.2, -0.15) is 0 Å². The van der Waals surface area contributed by atoms with Crippen LogP contribution in [0.1, 0.15) is 17.2 Å². The zero-order valence-corrected chi connectivity index (χ0v) is 11.5. The van der Waals surface area contributed by atoms with E-state index in [1.807, 2.05) is 6.07 Å². The van der Waals surface area contributed by atoms with Crippen LogP contribution >= 0.6 is 34.8 Å². The van der Waals surface area contributed by atoms with E-state index in [1.165, 1.54) is 0 Å². The average Bonchev–Trinajstić information content (AvgIpc) is 2.34. The zero-order valence-electron chi connectivity index (χ0n) is 9.28. The Morgan fingerprint density at radius 1 is 1.06 bits per heavy atom. The van der Waals surface area contributed by atoms with E-state index in [0.29, 0.717) is 21.6 Å². The van der Waals surface area contributed by atoms with Crippen LogP contribution in [0.25, 0.3) is 0 Å². The molecule has 2 rings (SSSR count). The van der Waals surface area contributed by atoms with Gasteiger partial charge in [-0.3, -0.25) is 0 Å². The quantitative estimate of drug-likeness (QED) is 0.857. The predicted molar refractivity (Wildman–Crippen MR) is 74.4 cm³/mol. The molecule has 1 aromatic heterocycles. The number of hydrogen-bond donors (Lipinski definition) is 1. The van der Waals surface area contributed by atoms with Gasteiger partial charge in [-0.05, 0) is 35.4 Å². The molecule has 1 aromatic carbocycles. The van der Waals surface area contributed by atoms with Gasteiger partial charge in [0.05, 0.1) is 16.1 Å². The van der Waals surface area contributed by atoms with E-state index >= 15 is 0 Å². The molecule has 0 saturated heterocycles. The molecule has 0 saturated carbocycles. The highest BCUT2D eigenvalue weighted by molar-refractivity contribution is 6.42. The summed E-state index contributed by atoms with van der Waals surface area (Å²) >= 11 is 17.5. The van der Waals surface area contributed by atoms with Crippen molar-refractivity contribution >= 4 is 34.8 Å². The molecular formula is C13H10Cl3NO. The molecule has 2 nitrogen and oxygen atoms in total. The van der Waals surface area contributed by atoms with E-state index in [0.717, 1.165) is 11.1 Å². The Kier molecular flexibility index (Phi) is 4.46. The van der Waals surface area contributed by atoms with Crippen LogP contribution in [0, 0.1) is 0 Å². The first-order valence-electron chi connectivity index (χ1n) is 5.29. The molecule has 0 spiro atoms. The maximum absolute atomic E-state index is 10.1. The number of benzene rings is 1. The first-order chi connectivity index (χ1) is 8.56. The number of nitrogens with zero attached hydrogens (tertiary/aromatic N) is 1. The number of halogens is 3. The number of aliphatic hydroxyl groups is 1. The van der Waals surface area contributed by atoms with Crippen molar-refractivity contribution < 1.29 is 5.11 Å². The molecule has 0 fully saturated rings. The second-order valence-electron chi connectivity index (χ2n) is 3.88. The second kappa shape index (κ2) is 5.89. The minimum Gasteiger partial charge on any atom is -0.388 e. The van der Waals surface area contributed by atoms with Crippen molar-refractivity contribution in [2.75, 3.05) is 0 Å². The fourth-order valence-electron chi connectivity index (χ4n) is 1.63. The number of aromatic nitrogens is 1. The number of rotatable bonds is 3. The van der Waals surface area contributed by atoms with Crippen LogP contribution in [0.2, 0.25) is 15.2 Å². The largest absolute Gasteiger partial charge is 0.388 e. The summed E-state index contributed by atoms with van der Waals surface area (Å²) in [7, 11) is 0. The Morgan fingerprint density at radius 2 is 1.83 bits per heavy atom. The molecule has 1 N–H and O–H groups in total. The third-order valence-electron chi connectivity index (χ3n) is 2.55. The van der Waals surface area contributed by atoms with Gasteiger partial charge < -0.3 is 5.11 Å². The lowest BCUT2D eigenvalue weighted by Gasteiger charge is -2.11. The highest BCUT2D eigenvalue weighted by Crippen LogP contribution is 2.26. The lowest BCUT2D eigenvalue weighted by atomic mass is 10.0. The summed E-state index contributed by atoms with van der Waals surface area (Å²) in [5.74, 6) is 0. The Labute approximate surface area is 120 Å². The first kappa shape index (κ1) is 13.6. The van der Waals surface area contributed by atoms with Gasteiger partial charge in [-0.1, -0.05) is 40.9 Å². The zero-order chi connectivity index (χ0) is 13.1. The fraction of sp³-hybridized carbons (Fsp3) is 0.154. The second-order valence-corrected chi connectivity index (χ2v) is 5.08. The molecule has 1 unspecified atom stereocenters. The van der Waals surface area contributed by atoms with E-state index < -0.39 is 6.10 Å². The summed E-state index contributed by atoms with van der Waals surface area (Å²) in [6.45, 7) is 0. The van der Waals surface area contributed by atoms with Gasteiger partial charge in [0.15, 0.2) is 0 Å². The van der Waals surface area contributed by atoms with Crippen molar-refractivity contribution in [3.8, 4) is 0 Å². The summed E-state index contributed by atoms with van der Waals surface area (Å²) in [6, 6.07) is 8.67. The molecule has 5 heteroatoms. The molecule has 0 aliphatic heterocycles. The standard InChI is InChI=1S/C13H10Cl3NO/c14-10-2-1-8(5-11(10)15)6-12(18)9-3-4-17-13(16)7-9/h1-5,7,12,18H,6H2. The number of aliphatic hydroxyl groups excluding tert-OH is 1. The molecule has 1 heterocycles. The van der Waals surface area contributed by atoms with Gasteiger partial charge in [-0.15, -0.1) is 0 Å². The monoisotopic (exact) mass is 301 g/mol. The molecule has 0 aliphatic rings. The first-order valence-corrected chi connectivity index (χ1v) is 6.43. The highest BCUT2D eigenvalue weighted by atomic mass is 35.5. The van der Waals surface area contributed by atoms with Crippen molar-refractivity contribution in [2.24, 2.45) is 0 Å². The van der Waals surface area contributed by atoms with Crippen LogP contribution in [0.5, 0.6) is 0 Å². The fourth-order valence-corrected chi connectivity index (χ4v) is 2.14. The third-order valence-corrected chi connectivity index (χ3v) is 3.49. The maximum atomic E-state index is 10.1. The van der Waals surface area contributed by atoms with Crippen molar-refractivity contribution in [3.05, 3.63) is 62.9 Å². The van der Waals surface area contributed by atoms with Gasteiger partial charge in [0.1, 0.15) is 5.15 Å². The summed E-state index contributed by atoms with van der Waals surface area (Å²) in [6.07, 6.45) is 1.36. The van der Waals surface area contributed by atoms with E-state index in [2.05, 4.69) is 4.98 Å². The van der Waals surface area contributed by atoms with E-state index in [9.17, 15) is 5.11 Å². The van der Waals surface area contributed by atoms with Crippen LogP contribution in [-0.2, 0) is 6.42 Å². The smallest absolute Gasteiger partial charge is 0.129 e. The maximum Gasteiger partial charge on any atom is 0.129 e. The highest BCUT2D eigenvalue weighted by Gasteiger charge is 2.10. The minimum atomic E-state index is -0.650. The molecule has 94 valence electrons. The minimum absolute atomic E-state index is 0.362. The summed E-state index contributed by atoms with van der Waals surface area (Å²) in [5.41, 5.74) is 1.63. The topological polar surface area (TPSA) is 33.1 Å². The SMILES string of the molecule is OC(Cc1ccc(Cl)c(Cl)c1)c1ccnc(Cl)c1. The normalized spacial score (nSPS) is 12.4. The van der Waals surface area contributed by atoms with Gasteiger partial charge in [0.25, 0.3) is 0 Å². The predicted octanol–water partition coefficient (Wildman–Crippen LogP) is 4.32. The molecule has 18 heavy (non-hydrogen) atoms. The van der Waals surface area contributed by atoms with Crippen LogP contribution in [0.15, 0.2) is 36.5 Å². The van der Waals surface area contributed by atoms with Crippen LogP contribution < -0.4 is 0 Å². The van der Waals surface area contributed by atoms with Crippen molar-refractivity contribution in [3.63, 3.8) is 0 Å². The molecular weight excluding hydrogens is 293 g/mol. The molecule has 2 aromatic rings. The molecule has 0 radical (unpaired) electrons. The van der Waals surface area contributed by atoms with Gasteiger partial charge in [0, 0.05) is 12.6 Å². The van der Waals surface area contributed by atoms with Crippen molar-refractivity contribution in [1.82, 2.24) is 4.98 Å². The van der Waals surface area contributed by atoms with E-state index in [-0.39, 0.29) is 0 Å². The number of pyridine rings is 1. The van der Waals surface area contributed by atoms with Crippen molar-refractivity contribution in [1.29, 1.82) is 0 Å². The van der Waals surface area contributed by atoms with Crippen molar-refractivity contribution in [2.45, 2.75) is 12.5 Å². The van der Waals surface area contributed by atoms with Crippen LogP contribution in [0.3, 0.4) is 0 Å². The summed E-state index contributed by atoms with van der Waals surface area (Å²) in [5, 5.41) is 11.4. The number of hydrogen-bond acceptors (Lipinski definition) is 2. The Bertz CT molecular complexity index is 560. The lowest BCUT2D eigenvalue weighted by Crippen LogP contribution is -2.02. The van der Waals surface area contributed by atoms with Gasteiger partial charge in [0.2, 0.25) is 0 Å². The van der Waals surface area contributed by atoms with Gasteiger partial charge >= 0.3 is 0 Å². The van der Waals surface area contributed by atoms with E-state index in [4.69, 9.17) is 34.8 Å². The summed E-state index contributed by atoms with van der Waals surface area (Å²) in [4.78, 5) is 3.87. The van der Waals surface area contributed by atoms with E-state index in [1.54, 1.807) is 30.5 Å². The lowest BCUT2D eigenvalue weighted by molar-refractivity contribution is 0.178. The van der Waals surface area contributed by atoms with Crippen LogP contribution in [-0.4, -0.2) is 10.1 Å². The molecule has 0 amide bonds. The summed E-state index contributed by atoms with van der Waals surface area (Å²) < 4.78 is 0. The Balaban J connectivity index is 2.16. The van der Waals surface area contributed by atoms with Crippen LogP contribution in [0.4, 0.5) is 0 Å².